The lowest BCUT2D eigenvalue weighted by Crippen LogP contribution is -2.17. The van der Waals surface area contributed by atoms with Crippen molar-refractivity contribution in [2.45, 2.75) is 13.5 Å². The van der Waals surface area contributed by atoms with Crippen molar-refractivity contribution in [2.75, 3.05) is 6.54 Å². The van der Waals surface area contributed by atoms with Gasteiger partial charge in [0.2, 0.25) is 0 Å². The van der Waals surface area contributed by atoms with Crippen LogP contribution in [0.2, 0.25) is 0 Å². The second-order valence-corrected chi connectivity index (χ2v) is 4.51. The summed E-state index contributed by atoms with van der Waals surface area (Å²) in [6.07, 6.45) is 4.85. The van der Waals surface area contributed by atoms with Gasteiger partial charge in [-0.05, 0) is 24.6 Å². The van der Waals surface area contributed by atoms with E-state index in [9.17, 15) is 4.79 Å². The van der Waals surface area contributed by atoms with Crippen molar-refractivity contribution < 1.29 is 9.90 Å². The van der Waals surface area contributed by atoms with E-state index in [1.807, 2.05) is 41.2 Å². The minimum absolute atomic E-state index is 0.541. The van der Waals surface area contributed by atoms with Crippen molar-refractivity contribution in [3.05, 3.63) is 59.9 Å². The molecule has 0 bridgehead atoms. The lowest BCUT2D eigenvalue weighted by atomic mass is 10.1. The van der Waals surface area contributed by atoms with Gasteiger partial charge < -0.3 is 10.4 Å². The molecule has 0 saturated heterocycles. The summed E-state index contributed by atoms with van der Waals surface area (Å²) in [5.74, 6) is -0.916. The molecule has 1 heterocycles. The molecule has 0 amide bonds. The van der Waals surface area contributed by atoms with Gasteiger partial charge in [0.15, 0.2) is 0 Å². The molecule has 0 atom stereocenters. The van der Waals surface area contributed by atoms with Gasteiger partial charge in [0.25, 0.3) is 0 Å². The van der Waals surface area contributed by atoms with E-state index in [1.54, 1.807) is 13.1 Å². The number of nitrogens with zero attached hydrogens (tertiary/aromatic N) is 2. The van der Waals surface area contributed by atoms with Crippen molar-refractivity contribution in [2.24, 2.45) is 0 Å². The average Bonchev–Trinajstić information content (AvgIpc) is 2.92. The molecule has 0 fully saturated rings. The Morgan fingerprint density at radius 1 is 1.40 bits per heavy atom. The summed E-state index contributed by atoms with van der Waals surface area (Å²) in [6, 6.07) is 9.86. The van der Waals surface area contributed by atoms with Crippen molar-refractivity contribution in [1.82, 2.24) is 15.1 Å². The highest BCUT2D eigenvalue weighted by molar-refractivity contribution is 5.80. The third-order valence-corrected chi connectivity index (χ3v) is 2.83. The van der Waals surface area contributed by atoms with Gasteiger partial charge in [0.1, 0.15) is 0 Å². The number of aromatic nitrogens is 2. The summed E-state index contributed by atoms with van der Waals surface area (Å²) in [4.78, 5) is 10.5. The first-order valence-corrected chi connectivity index (χ1v) is 6.35. The zero-order valence-electron chi connectivity index (χ0n) is 11.3. The van der Waals surface area contributed by atoms with Crippen molar-refractivity contribution >= 4 is 5.97 Å². The zero-order valence-corrected chi connectivity index (χ0v) is 11.3. The second-order valence-electron chi connectivity index (χ2n) is 4.51. The van der Waals surface area contributed by atoms with Gasteiger partial charge in [-0.25, -0.2) is 9.48 Å². The summed E-state index contributed by atoms with van der Waals surface area (Å²) in [5.41, 5.74) is 2.92. The molecule has 0 unspecified atom stereocenters. The molecule has 20 heavy (non-hydrogen) atoms. The minimum atomic E-state index is -0.916. The first-order valence-electron chi connectivity index (χ1n) is 6.35. The van der Waals surface area contributed by atoms with Gasteiger partial charge in [0, 0.05) is 31.6 Å². The number of benzene rings is 1. The van der Waals surface area contributed by atoms with Gasteiger partial charge in [-0.1, -0.05) is 23.8 Å². The first kappa shape index (κ1) is 14.0. The van der Waals surface area contributed by atoms with Crippen LogP contribution in [-0.2, 0) is 11.3 Å². The Morgan fingerprint density at radius 2 is 2.20 bits per heavy atom. The number of nitrogens with one attached hydrogen (secondary N) is 1. The Morgan fingerprint density at radius 3 is 2.90 bits per heavy atom. The van der Waals surface area contributed by atoms with E-state index in [2.05, 4.69) is 10.4 Å². The lowest BCUT2D eigenvalue weighted by molar-refractivity contribution is -0.131. The van der Waals surface area contributed by atoms with Crippen LogP contribution in [0.25, 0.3) is 5.69 Å². The van der Waals surface area contributed by atoms with Gasteiger partial charge in [-0.15, -0.1) is 0 Å². The molecule has 5 heteroatoms. The van der Waals surface area contributed by atoms with Crippen LogP contribution in [0.1, 0.15) is 12.5 Å². The van der Waals surface area contributed by atoms with Crippen LogP contribution >= 0.6 is 0 Å². The quantitative estimate of drug-likeness (QED) is 0.788. The number of hydrogen-bond donors (Lipinski definition) is 2. The van der Waals surface area contributed by atoms with Crippen molar-refractivity contribution in [3.8, 4) is 5.69 Å². The maximum absolute atomic E-state index is 10.5. The van der Waals surface area contributed by atoms with E-state index in [4.69, 9.17) is 5.11 Å². The largest absolute Gasteiger partial charge is 0.478 e. The summed E-state index contributed by atoms with van der Waals surface area (Å²) in [7, 11) is 0. The molecule has 2 rings (SSSR count). The molecule has 0 spiro atoms. The fourth-order valence-electron chi connectivity index (χ4n) is 1.95. The summed E-state index contributed by atoms with van der Waals surface area (Å²) in [5, 5.41) is 16.1. The van der Waals surface area contributed by atoms with Crippen molar-refractivity contribution in [1.29, 1.82) is 0 Å². The molecule has 104 valence electrons. The van der Waals surface area contributed by atoms with Gasteiger partial charge >= 0.3 is 5.97 Å². The van der Waals surface area contributed by atoms with Crippen LogP contribution in [0, 0.1) is 0 Å². The maximum atomic E-state index is 10.5. The van der Waals surface area contributed by atoms with Crippen LogP contribution in [0.3, 0.4) is 0 Å². The Hall–Kier alpha value is -2.40. The average molecular weight is 271 g/mol. The molecule has 2 aromatic rings. The Kier molecular flexibility index (Phi) is 4.68. The van der Waals surface area contributed by atoms with E-state index in [0.717, 1.165) is 16.8 Å². The van der Waals surface area contributed by atoms with Gasteiger partial charge in [0.05, 0.1) is 5.69 Å². The summed E-state index contributed by atoms with van der Waals surface area (Å²) < 4.78 is 1.82. The predicted molar refractivity (Wildman–Crippen MR) is 76.7 cm³/mol. The summed E-state index contributed by atoms with van der Waals surface area (Å²) in [6.45, 7) is 2.99. The Labute approximate surface area is 117 Å². The number of carbonyl (C=O) groups is 1. The van der Waals surface area contributed by atoms with E-state index in [0.29, 0.717) is 13.1 Å². The zero-order chi connectivity index (χ0) is 14.4. The smallest absolute Gasteiger partial charge is 0.328 e. The third-order valence-electron chi connectivity index (χ3n) is 2.83. The van der Waals surface area contributed by atoms with E-state index in [-0.39, 0.29) is 0 Å². The van der Waals surface area contributed by atoms with Gasteiger partial charge in [-0.3, -0.25) is 0 Å². The maximum Gasteiger partial charge on any atom is 0.328 e. The molecule has 0 aliphatic rings. The van der Waals surface area contributed by atoms with E-state index >= 15 is 0 Å². The Balaban J connectivity index is 2.02. The molecular weight excluding hydrogens is 254 g/mol. The van der Waals surface area contributed by atoms with Crippen molar-refractivity contribution in [3.63, 3.8) is 0 Å². The summed E-state index contributed by atoms with van der Waals surface area (Å²) >= 11 is 0. The van der Waals surface area contributed by atoms with E-state index < -0.39 is 5.97 Å². The predicted octanol–water partition coefficient (Wildman–Crippen LogP) is 1.99. The van der Waals surface area contributed by atoms with Crippen LogP contribution in [0.5, 0.6) is 0 Å². The number of para-hydroxylation sites is 1. The number of hydrogen-bond acceptors (Lipinski definition) is 3. The van der Waals surface area contributed by atoms with Crippen LogP contribution in [0.4, 0.5) is 0 Å². The number of carboxylic acid groups (broad SMARTS) is 1. The monoisotopic (exact) mass is 271 g/mol. The standard InChI is InChI=1S/C15H17N3O2/c1-12(9-15(19)20)10-16-11-13-5-2-3-6-14(13)18-8-4-7-17-18/h2-9,16H,10-11H2,1H3,(H,19,20)/b12-9-. The molecule has 0 saturated carbocycles. The molecule has 0 aliphatic carbocycles. The molecule has 0 radical (unpaired) electrons. The lowest BCUT2D eigenvalue weighted by Gasteiger charge is -2.10. The SMILES string of the molecule is C/C(=C/C(=O)O)CNCc1ccccc1-n1cccn1. The highest BCUT2D eigenvalue weighted by Crippen LogP contribution is 2.13. The second kappa shape index (κ2) is 6.68. The molecule has 5 nitrogen and oxygen atoms in total. The fourth-order valence-corrected chi connectivity index (χ4v) is 1.95. The normalized spacial score (nSPS) is 11.6. The fraction of sp³-hybridized carbons (Fsp3) is 0.200. The number of rotatable bonds is 6. The van der Waals surface area contributed by atoms with E-state index in [1.165, 1.54) is 6.08 Å². The first-order chi connectivity index (χ1) is 9.66. The topological polar surface area (TPSA) is 67.2 Å². The number of aliphatic carboxylic acids is 1. The third kappa shape index (κ3) is 3.80. The molecule has 2 N–H and O–H groups in total. The molecule has 1 aromatic heterocycles. The van der Waals surface area contributed by atoms with Crippen LogP contribution in [-0.4, -0.2) is 27.4 Å². The highest BCUT2D eigenvalue weighted by atomic mass is 16.4. The highest BCUT2D eigenvalue weighted by Gasteiger charge is 2.03. The van der Waals surface area contributed by atoms with Crippen LogP contribution < -0.4 is 5.32 Å². The molecule has 1 aromatic carbocycles. The Bertz CT molecular complexity index is 603. The van der Waals surface area contributed by atoms with Gasteiger partial charge in [-0.2, -0.15) is 5.10 Å². The minimum Gasteiger partial charge on any atom is -0.478 e. The van der Waals surface area contributed by atoms with Crippen LogP contribution in [0.15, 0.2) is 54.4 Å². The number of carboxylic acids is 1. The molecular formula is C15H17N3O2. The molecule has 0 aliphatic heterocycles.